The molecule has 0 spiro atoms. The lowest BCUT2D eigenvalue weighted by Crippen LogP contribution is -2.24. The van der Waals surface area contributed by atoms with Gasteiger partial charge in [0.1, 0.15) is 5.75 Å². The Morgan fingerprint density at radius 3 is 2.83 bits per heavy atom. The van der Waals surface area contributed by atoms with Crippen molar-refractivity contribution in [2.24, 2.45) is 0 Å². The predicted molar refractivity (Wildman–Crippen MR) is 94.2 cm³/mol. The van der Waals surface area contributed by atoms with Crippen molar-refractivity contribution in [3.8, 4) is 5.75 Å². The summed E-state index contributed by atoms with van der Waals surface area (Å²) in [6.45, 7) is 0.907. The molecule has 1 aliphatic heterocycles. The molecule has 0 atom stereocenters. The van der Waals surface area contributed by atoms with Crippen molar-refractivity contribution in [2.45, 2.75) is 9.79 Å². The van der Waals surface area contributed by atoms with Gasteiger partial charge < -0.3 is 9.64 Å². The Morgan fingerprint density at radius 2 is 2.04 bits per heavy atom. The van der Waals surface area contributed by atoms with Crippen molar-refractivity contribution in [3.63, 3.8) is 0 Å². The third kappa shape index (κ3) is 3.40. The first-order valence-electron chi connectivity index (χ1n) is 7.14. The molecule has 1 heterocycles. The zero-order valence-corrected chi connectivity index (χ0v) is 14.6. The first-order valence-corrected chi connectivity index (χ1v) is 9.61. The van der Waals surface area contributed by atoms with E-state index in [2.05, 4.69) is 9.62 Å². The van der Waals surface area contributed by atoms with Crippen molar-refractivity contribution >= 4 is 33.2 Å². The average Bonchev–Trinajstić information content (AvgIpc) is 2.54. The zero-order chi connectivity index (χ0) is 16.4. The monoisotopic (exact) mass is 350 g/mol. The highest BCUT2D eigenvalue weighted by Gasteiger charge is 2.20. The first-order chi connectivity index (χ1) is 11.0. The van der Waals surface area contributed by atoms with E-state index in [0.717, 1.165) is 22.9 Å². The van der Waals surface area contributed by atoms with Gasteiger partial charge in [-0.25, -0.2) is 8.42 Å². The summed E-state index contributed by atoms with van der Waals surface area (Å²) in [4.78, 5) is 3.45. The van der Waals surface area contributed by atoms with Crippen LogP contribution in [0.1, 0.15) is 0 Å². The second-order valence-electron chi connectivity index (χ2n) is 5.24. The fourth-order valence-corrected chi connectivity index (χ4v) is 4.58. The molecule has 0 fully saturated rings. The number of fused-ring (bicyclic) bond motifs is 1. The molecule has 0 aromatic heterocycles. The molecule has 1 N–H and O–H groups in total. The summed E-state index contributed by atoms with van der Waals surface area (Å²) in [5.41, 5.74) is 1.43. The van der Waals surface area contributed by atoms with Gasteiger partial charge in [-0.05, 0) is 30.3 Å². The van der Waals surface area contributed by atoms with Crippen molar-refractivity contribution in [3.05, 3.63) is 42.5 Å². The number of nitrogens with one attached hydrogen (secondary N) is 1. The van der Waals surface area contributed by atoms with Gasteiger partial charge in [0.05, 0.1) is 23.4 Å². The number of anilines is 2. The number of methoxy groups -OCH3 is 1. The van der Waals surface area contributed by atoms with Crippen molar-refractivity contribution in [2.75, 3.05) is 36.1 Å². The number of thioether (sulfide) groups is 1. The van der Waals surface area contributed by atoms with E-state index in [9.17, 15) is 8.42 Å². The Balaban J connectivity index is 1.92. The number of hydrogen-bond donors (Lipinski definition) is 1. The van der Waals surface area contributed by atoms with Gasteiger partial charge in [0.25, 0.3) is 10.0 Å². The minimum Gasteiger partial charge on any atom is -0.497 e. The van der Waals surface area contributed by atoms with Crippen LogP contribution in [0.4, 0.5) is 11.4 Å². The summed E-state index contributed by atoms with van der Waals surface area (Å²) >= 11 is 1.75. The summed E-state index contributed by atoms with van der Waals surface area (Å²) < 4.78 is 32.9. The number of rotatable bonds is 4. The molecule has 2 aromatic carbocycles. The molecule has 1 aliphatic rings. The maximum absolute atomic E-state index is 12.6. The largest absolute Gasteiger partial charge is 0.497 e. The molecular formula is C16H18N2O3S2. The van der Waals surface area contributed by atoms with Crippen LogP contribution < -0.4 is 14.4 Å². The van der Waals surface area contributed by atoms with Gasteiger partial charge in [0.2, 0.25) is 0 Å². The number of sulfonamides is 1. The van der Waals surface area contributed by atoms with Gasteiger partial charge >= 0.3 is 0 Å². The fraction of sp³-hybridized carbons (Fsp3) is 0.250. The summed E-state index contributed by atoms with van der Waals surface area (Å²) in [7, 11) is -0.114. The van der Waals surface area contributed by atoms with Crippen LogP contribution in [0, 0.1) is 0 Å². The molecule has 23 heavy (non-hydrogen) atoms. The van der Waals surface area contributed by atoms with Crippen LogP contribution in [0.15, 0.2) is 52.3 Å². The van der Waals surface area contributed by atoms with Gasteiger partial charge in [-0.2, -0.15) is 0 Å². The van der Waals surface area contributed by atoms with Crippen LogP contribution in [0.3, 0.4) is 0 Å². The Kier molecular flexibility index (Phi) is 4.41. The molecule has 0 aliphatic carbocycles. The Labute approximate surface area is 140 Å². The SMILES string of the molecule is COc1cccc(NS(=O)(=O)c2ccc3c(c2)N(C)CCS3)c1. The molecule has 0 amide bonds. The van der Waals surface area contributed by atoms with E-state index < -0.39 is 10.0 Å². The van der Waals surface area contributed by atoms with Gasteiger partial charge in [-0.15, -0.1) is 11.8 Å². The Bertz CT molecular complexity index is 822. The van der Waals surface area contributed by atoms with Gasteiger partial charge in [-0.1, -0.05) is 6.07 Å². The lowest BCUT2D eigenvalue weighted by molar-refractivity contribution is 0.415. The van der Waals surface area contributed by atoms with E-state index >= 15 is 0 Å². The molecule has 3 rings (SSSR count). The highest BCUT2D eigenvalue weighted by molar-refractivity contribution is 7.99. The Morgan fingerprint density at radius 1 is 1.22 bits per heavy atom. The number of nitrogens with zero attached hydrogens (tertiary/aromatic N) is 1. The fourth-order valence-electron chi connectivity index (χ4n) is 2.40. The van der Waals surface area contributed by atoms with Crippen LogP contribution in [0.2, 0.25) is 0 Å². The number of hydrogen-bond acceptors (Lipinski definition) is 5. The first kappa shape index (κ1) is 16.0. The highest BCUT2D eigenvalue weighted by atomic mass is 32.2. The molecule has 122 valence electrons. The minimum atomic E-state index is -3.64. The number of benzene rings is 2. The quantitative estimate of drug-likeness (QED) is 0.918. The maximum atomic E-state index is 12.6. The molecule has 0 saturated heterocycles. The van der Waals surface area contributed by atoms with Gasteiger partial charge in [0, 0.05) is 30.3 Å². The molecule has 0 bridgehead atoms. The van der Waals surface area contributed by atoms with Crippen LogP contribution in [-0.2, 0) is 10.0 Å². The van der Waals surface area contributed by atoms with Crippen molar-refractivity contribution < 1.29 is 13.2 Å². The topological polar surface area (TPSA) is 58.6 Å². The van der Waals surface area contributed by atoms with Crippen LogP contribution >= 0.6 is 11.8 Å². The van der Waals surface area contributed by atoms with E-state index in [1.165, 1.54) is 0 Å². The molecular weight excluding hydrogens is 332 g/mol. The van der Waals surface area contributed by atoms with Gasteiger partial charge in [-0.3, -0.25) is 4.72 Å². The van der Waals surface area contributed by atoms with Crippen molar-refractivity contribution in [1.29, 1.82) is 0 Å². The lowest BCUT2D eigenvalue weighted by atomic mass is 10.3. The van der Waals surface area contributed by atoms with Crippen LogP contribution in [0.25, 0.3) is 0 Å². The zero-order valence-electron chi connectivity index (χ0n) is 12.9. The van der Waals surface area contributed by atoms with E-state index in [1.807, 2.05) is 13.1 Å². The van der Waals surface area contributed by atoms with E-state index in [-0.39, 0.29) is 4.90 Å². The summed E-state index contributed by atoms with van der Waals surface area (Å²) in [5, 5.41) is 0. The molecule has 2 aromatic rings. The third-order valence-electron chi connectivity index (χ3n) is 3.66. The van der Waals surface area contributed by atoms with E-state index in [0.29, 0.717) is 11.4 Å². The third-order valence-corrected chi connectivity index (χ3v) is 6.08. The average molecular weight is 350 g/mol. The minimum absolute atomic E-state index is 0.258. The maximum Gasteiger partial charge on any atom is 0.261 e. The van der Waals surface area contributed by atoms with Crippen molar-refractivity contribution in [1.82, 2.24) is 0 Å². The summed E-state index contributed by atoms with van der Waals surface area (Å²) in [6, 6.07) is 12.1. The van der Waals surface area contributed by atoms with E-state index in [1.54, 1.807) is 55.3 Å². The van der Waals surface area contributed by atoms with E-state index in [4.69, 9.17) is 4.74 Å². The van der Waals surface area contributed by atoms with Gasteiger partial charge in [0.15, 0.2) is 0 Å². The number of ether oxygens (including phenoxy) is 1. The molecule has 0 unspecified atom stereocenters. The summed E-state index contributed by atoms with van der Waals surface area (Å²) in [5.74, 6) is 1.62. The highest BCUT2D eigenvalue weighted by Crippen LogP contribution is 2.35. The molecule has 5 nitrogen and oxygen atoms in total. The predicted octanol–water partition coefficient (Wildman–Crippen LogP) is 3.04. The molecule has 0 radical (unpaired) electrons. The van der Waals surface area contributed by atoms with Crippen LogP contribution in [-0.4, -0.2) is 34.9 Å². The Hall–Kier alpha value is -1.86. The summed E-state index contributed by atoms with van der Waals surface area (Å²) in [6.07, 6.45) is 0. The second-order valence-corrected chi connectivity index (χ2v) is 8.06. The van der Waals surface area contributed by atoms with Crippen LogP contribution in [0.5, 0.6) is 5.75 Å². The molecule has 0 saturated carbocycles. The second kappa shape index (κ2) is 6.33. The molecule has 7 heteroatoms. The smallest absolute Gasteiger partial charge is 0.261 e. The lowest BCUT2D eigenvalue weighted by Gasteiger charge is -2.27. The normalized spacial score (nSPS) is 14.3. The standard InChI is InChI=1S/C16H18N2O3S2/c1-18-8-9-22-16-7-6-14(11-15(16)18)23(19,20)17-12-4-3-5-13(10-12)21-2/h3-7,10-11,17H,8-9H2,1-2H3.